The molecule has 7 heteroatoms. The summed E-state index contributed by atoms with van der Waals surface area (Å²) in [6.45, 7) is 0. The van der Waals surface area contributed by atoms with Crippen LogP contribution in [0.5, 0.6) is 0 Å². The van der Waals surface area contributed by atoms with E-state index in [2.05, 4.69) is 0 Å². The summed E-state index contributed by atoms with van der Waals surface area (Å²) in [7, 11) is -3.77. The number of hydrogen-bond donors (Lipinski definition) is 0. The van der Waals surface area contributed by atoms with Gasteiger partial charge < -0.3 is 0 Å². The lowest BCUT2D eigenvalue weighted by molar-refractivity contribution is -0.384. The first-order valence-electron chi connectivity index (χ1n) is 6.06. The van der Waals surface area contributed by atoms with Gasteiger partial charge in [-0.2, -0.15) is 0 Å². The molecule has 0 aliphatic carbocycles. The summed E-state index contributed by atoms with van der Waals surface area (Å²) in [5, 5.41) is 11.5. The molecule has 0 atom stereocenters. The molecule has 0 bridgehead atoms. The molecule has 0 N–H and O–H groups in total. The van der Waals surface area contributed by atoms with Crippen LogP contribution < -0.4 is 0 Å². The fraction of sp³-hybridized carbons (Fsp3) is 0. The van der Waals surface area contributed by atoms with Crippen LogP contribution in [0, 0.1) is 10.1 Å². The van der Waals surface area contributed by atoms with Crippen molar-refractivity contribution in [1.82, 2.24) is 3.97 Å². The Morgan fingerprint density at radius 3 is 2.38 bits per heavy atom. The second-order valence-corrected chi connectivity index (χ2v) is 6.24. The molecule has 0 saturated heterocycles. The van der Waals surface area contributed by atoms with Gasteiger partial charge in [-0.1, -0.05) is 18.2 Å². The second-order valence-electron chi connectivity index (χ2n) is 4.43. The Hall–Kier alpha value is -2.67. The van der Waals surface area contributed by atoms with E-state index >= 15 is 0 Å². The quantitative estimate of drug-likeness (QED) is 0.550. The number of hydrogen-bond acceptors (Lipinski definition) is 4. The number of rotatable bonds is 3. The van der Waals surface area contributed by atoms with Crippen molar-refractivity contribution in [3.63, 3.8) is 0 Å². The third-order valence-corrected chi connectivity index (χ3v) is 4.86. The maximum atomic E-state index is 12.6. The first-order valence-corrected chi connectivity index (χ1v) is 7.50. The minimum Gasteiger partial charge on any atom is -0.258 e. The topological polar surface area (TPSA) is 82.2 Å². The Morgan fingerprint density at radius 2 is 1.71 bits per heavy atom. The molecule has 0 unspecified atom stereocenters. The molecular formula is C14H10N2O4S. The van der Waals surface area contributed by atoms with Crippen molar-refractivity contribution >= 4 is 26.6 Å². The number of non-ortho nitro benzene ring substituents is 1. The van der Waals surface area contributed by atoms with Crippen LogP contribution in [0.3, 0.4) is 0 Å². The first kappa shape index (κ1) is 13.3. The Morgan fingerprint density at radius 1 is 1.00 bits per heavy atom. The van der Waals surface area contributed by atoms with Gasteiger partial charge in [0.15, 0.2) is 0 Å². The highest BCUT2D eigenvalue weighted by Crippen LogP contribution is 2.25. The standard InChI is InChI=1S/C14H10N2O4S/c17-16(18)12-7-6-11-8-9-15(14(11)10-12)21(19,20)13-4-2-1-3-5-13/h1-10H. The van der Waals surface area contributed by atoms with Crippen LogP contribution >= 0.6 is 0 Å². The van der Waals surface area contributed by atoms with Crippen LogP contribution in [-0.4, -0.2) is 17.3 Å². The second kappa shape index (κ2) is 4.71. The molecule has 21 heavy (non-hydrogen) atoms. The maximum absolute atomic E-state index is 12.6. The van der Waals surface area contributed by atoms with Crippen LogP contribution in [0.1, 0.15) is 0 Å². The summed E-state index contributed by atoms with van der Waals surface area (Å²) >= 11 is 0. The summed E-state index contributed by atoms with van der Waals surface area (Å²) in [5.41, 5.74) is 0.138. The molecule has 0 aliphatic rings. The van der Waals surface area contributed by atoms with Gasteiger partial charge in [0, 0.05) is 23.7 Å². The van der Waals surface area contributed by atoms with Crippen LogP contribution in [0.15, 0.2) is 65.7 Å². The van der Waals surface area contributed by atoms with Crippen molar-refractivity contribution in [1.29, 1.82) is 0 Å². The molecule has 1 aromatic heterocycles. The van der Waals surface area contributed by atoms with Crippen LogP contribution in [-0.2, 0) is 10.0 Å². The van der Waals surface area contributed by atoms with Gasteiger partial charge in [0.25, 0.3) is 15.7 Å². The molecule has 2 aromatic carbocycles. The predicted octanol–water partition coefficient (Wildman–Crippen LogP) is 2.79. The van der Waals surface area contributed by atoms with E-state index in [9.17, 15) is 18.5 Å². The Balaban J connectivity index is 2.26. The van der Waals surface area contributed by atoms with Crippen molar-refractivity contribution in [2.24, 2.45) is 0 Å². The maximum Gasteiger partial charge on any atom is 0.271 e. The summed E-state index contributed by atoms with van der Waals surface area (Å²) < 4.78 is 26.2. The van der Waals surface area contributed by atoms with Crippen molar-refractivity contribution in [2.75, 3.05) is 0 Å². The number of benzene rings is 2. The molecule has 0 fully saturated rings. The zero-order valence-corrected chi connectivity index (χ0v) is 11.5. The van der Waals surface area contributed by atoms with E-state index in [1.807, 2.05) is 0 Å². The molecule has 3 aromatic rings. The lowest BCUT2D eigenvalue weighted by Gasteiger charge is -2.07. The lowest BCUT2D eigenvalue weighted by Crippen LogP contribution is -2.11. The first-order chi connectivity index (χ1) is 10.00. The largest absolute Gasteiger partial charge is 0.271 e. The molecule has 1 heterocycles. The fourth-order valence-electron chi connectivity index (χ4n) is 2.12. The summed E-state index contributed by atoms with van der Waals surface area (Å²) in [6.07, 6.45) is 1.40. The van der Waals surface area contributed by atoms with E-state index in [1.165, 1.54) is 36.5 Å². The summed E-state index contributed by atoms with van der Waals surface area (Å²) in [5.74, 6) is 0. The van der Waals surface area contributed by atoms with Gasteiger partial charge in [0.05, 0.1) is 15.3 Å². The van der Waals surface area contributed by atoms with E-state index < -0.39 is 14.9 Å². The molecule has 106 valence electrons. The molecule has 0 amide bonds. The van der Waals surface area contributed by atoms with Crippen LogP contribution in [0.25, 0.3) is 10.9 Å². The molecule has 0 spiro atoms. The molecule has 3 rings (SSSR count). The zero-order valence-electron chi connectivity index (χ0n) is 10.7. The monoisotopic (exact) mass is 302 g/mol. The van der Waals surface area contributed by atoms with Crippen molar-refractivity contribution < 1.29 is 13.3 Å². The minimum absolute atomic E-state index is 0.133. The Kier molecular flexibility index (Phi) is 2.99. The highest BCUT2D eigenvalue weighted by Gasteiger charge is 2.19. The fourth-order valence-corrected chi connectivity index (χ4v) is 3.49. The van der Waals surface area contributed by atoms with E-state index in [4.69, 9.17) is 0 Å². The number of nitro groups is 1. The summed E-state index contributed by atoms with van der Waals surface area (Å²) in [4.78, 5) is 10.4. The lowest BCUT2D eigenvalue weighted by atomic mass is 10.2. The SMILES string of the molecule is O=[N+]([O-])c1ccc2ccn(S(=O)(=O)c3ccccc3)c2c1. The Bertz CT molecular complexity index is 930. The minimum atomic E-state index is -3.77. The molecule has 6 nitrogen and oxygen atoms in total. The number of aromatic nitrogens is 1. The highest BCUT2D eigenvalue weighted by molar-refractivity contribution is 7.90. The van der Waals surface area contributed by atoms with Crippen LogP contribution in [0.4, 0.5) is 5.69 Å². The third kappa shape index (κ3) is 2.17. The van der Waals surface area contributed by atoms with Gasteiger partial charge in [-0.3, -0.25) is 10.1 Å². The van der Waals surface area contributed by atoms with Crippen molar-refractivity contribution in [2.45, 2.75) is 4.90 Å². The molecule has 0 radical (unpaired) electrons. The summed E-state index contributed by atoms with van der Waals surface area (Å²) in [6, 6.07) is 13.7. The number of fused-ring (bicyclic) bond motifs is 1. The van der Waals surface area contributed by atoms with Gasteiger partial charge in [-0.05, 0) is 24.3 Å². The van der Waals surface area contributed by atoms with Gasteiger partial charge in [-0.15, -0.1) is 0 Å². The predicted molar refractivity (Wildman–Crippen MR) is 77.6 cm³/mol. The molecule has 0 saturated carbocycles. The number of nitro benzene ring substituents is 1. The van der Waals surface area contributed by atoms with Gasteiger partial charge in [0.1, 0.15) is 0 Å². The average molecular weight is 302 g/mol. The van der Waals surface area contributed by atoms with E-state index in [0.29, 0.717) is 5.39 Å². The smallest absolute Gasteiger partial charge is 0.258 e. The van der Waals surface area contributed by atoms with E-state index in [1.54, 1.807) is 24.3 Å². The van der Waals surface area contributed by atoms with Gasteiger partial charge in [-0.25, -0.2) is 12.4 Å². The zero-order chi connectivity index (χ0) is 15.0. The normalized spacial score (nSPS) is 11.6. The third-order valence-electron chi connectivity index (χ3n) is 3.15. The number of nitrogens with zero attached hydrogens (tertiary/aromatic N) is 2. The van der Waals surface area contributed by atoms with E-state index in [-0.39, 0.29) is 16.1 Å². The van der Waals surface area contributed by atoms with Gasteiger partial charge in [0.2, 0.25) is 0 Å². The molecular weight excluding hydrogens is 292 g/mol. The van der Waals surface area contributed by atoms with Crippen LogP contribution in [0.2, 0.25) is 0 Å². The van der Waals surface area contributed by atoms with Crippen molar-refractivity contribution in [3.05, 3.63) is 70.9 Å². The van der Waals surface area contributed by atoms with Crippen molar-refractivity contribution in [3.8, 4) is 0 Å². The highest BCUT2D eigenvalue weighted by atomic mass is 32.2. The van der Waals surface area contributed by atoms with E-state index in [0.717, 1.165) is 3.97 Å². The van der Waals surface area contributed by atoms with Gasteiger partial charge >= 0.3 is 0 Å². The Labute approximate surface area is 120 Å². The molecule has 0 aliphatic heterocycles. The average Bonchev–Trinajstić information content (AvgIpc) is 2.91.